The van der Waals surface area contributed by atoms with Gasteiger partial charge in [0.2, 0.25) is 0 Å². The van der Waals surface area contributed by atoms with E-state index < -0.39 is 0 Å². The van der Waals surface area contributed by atoms with Crippen molar-refractivity contribution in [1.82, 2.24) is 20.4 Å². The van der Waals surface area contributed by atoms with Gasteiger partial charge < -0.3 is 0 Å². The Labute approximate surface area is 101 Å². The summed E-state index contributed by atoms with van der Waals surface area (Å²) in [5.41, 5.74) is 6.16. The molecule has 0 amide bonds. The van der Waals surface area contributed by atoms with E-state index in [9.17, 15) is 0 Å². The van der Waals surface area contributed by atoms with Gasteiger partial charge >= 0.3 is 0 Å². The van der Waals surface area contributed by atoms with E-state index in [0.717, 1.165) is 17.7 Å². The van der Waals surface area contributed by atoms with E-state index in [4.69, 9.17) is 5.84 Å². The molecular formula is C12H17N5. The second kappa shape index (κ2) is 5.07. The van der Waals surface area contributed by atoms with E-state index in [-0.39, 0.29) is 6.04 Å². The lowest BCUT2D eigenvalue weighted by atomic mass is 10.0. The zero-order chi connectivity index (χ0) is 12.3. The van der Waals surface area contributed by atoms with Crippen LogP contribution in [0.2, 0.25) is 0 Å². The monoisotopic (exact) mass is 231 g/mol. The van der Waals surface area contributed by atoms with Crippen molar-refractivity contribution in [1.29, 1.82) is 0 Å². The Morgan fingerprint density at radius 2 is 2.06 bits per heavy atom. The molecular weight excluding hydrogens is 214 g/mol. The Balaban J connectivity index is 2.32. The van der Waals surface area contributed by atoms with Crippen LogP contribution in [0.3, 0.4) is 0 Å². The minimum Gasteiger partial charge on any atom is -0.271 e. The van der Waals surface area contributed by atoms with Gasteiger partial charge in [-0.15, -0.1) is 5.10 Å². The molecule has 0 saturated heterocycles. The highest BCUT2D eigenvalue weighted by molar-refractivity contribution is 5.29. The van der Waals surface area contributed by atoms with E-state index in [1.165, 1.54) is 5.56 Å². The highest BCUT2D eigenvalue weighted by atomic mass is 15.4. The average Bonchev–Trinajstić information content (AvgIpc) is 2.78. The number of nitrogens with zero attached hydrogens (tertiary/aromatic N) is 3. The number of aromatic nitrogens is 3. The van der Waals surface area contributed by atoms with Crippen molar-refractivity contribution in [3.8, 4) is 0 Å². The summed E-state index contributed by atoms with van der Waals surface area (Å²) in [6.45, 7) is 2.14. The Morgan fingerprint density at radius 1 is 1.35 bits per heavy atom. The third-order valence-corrected chi connectivity index (χ3v) is 2.93. The molecule has 1 heterocycles. The molecule has 1 aromatic carbocycles. The second-order valence-corrected chi connectivity index (χ2v) is 3.98. The molecule has 3 N–H and O–H groups in total. The number of hydrogen-bond donors (Lipinski definition) is 2. The largest absolute Gasteiger partial charge is 0.271 e. The number of hydrazine groups is 1. The average molecular weight is 231 g/mol. The number of nitrogens with one attached hydrogen (secondary N) is 1. The number of benzene rings is 1. The first-order valence-electron chi connectivity index (χ1n) is 5.65. The van der Waals surface area contributed by atoms with Gasteiger partial charge in [-0.05, 0) is 17.5 Å². The summed E-state index contributed by atoms with van der Waals surface area (Å²) in [5, 5.41) is 7.78. The normalized spacial score (nSPS) is 12.6. The highest BCUT2D eigenvalue weighted by Crippen LogP contribution is 2.20. The predicted octanol–water partition coefficient (Wildman–Crippen LogP) is 0.930. The van der Waals surface area contributed by atoms with Gasteiger partial charge in [0.25, 0.3) is 0 Å². The summed E-state index contributed by atoms with van der Waals surface area (Å²) in [6, 6.07) is 8.31. The Morgan fingerprint density at radius 3 is 2.53 bits per heavy atom. The van der Waals surface area contributed by atoms with Gasteiger partial charge in [-0.2, -0.15) is 0 Å². The fraction of sp³-hybridized carbons (Fsp3) is 0.333. The van der Waals surface area contributed by atoms with Gasteiger partial charge in [0.1, 0.15) is 0 Å². The molecule has 0 spiro atoms. The van der Waals surface area contributed by atoms with Crippen LogP contribution in [-0.4, -0.2) is 15.0 Å². The van der Waals surface area contributed by atoms with Gasteiger partial charge in [0.05, 0.1) is 17.9 Å². The minimum atomic E-state index is -0.0825. The summed E-state index contributed by atoms with van der Waals surface area (Å²) in [4.78, 5) is 0. The summed E-state index contributed by atoms with van der Waals surface area (Å²) in [5.74, 6) is 5.62. The molecule has 0 aliphatic rings. The summed E-state index contributed by atoms with van der Waals surface area (Å²) in [6.07, 6.45) is 2.76. The molecule has 90 valence electrons. The molecule has 5 heteroatoms. The number of nitrogens with two attached hydrogens (primary N) is 1. The van der Waals surface area contributed by atoms with Gasteiger partial charge in [0.15, 0.2) is 0 Å². The van der Waals surface area contributed by atoms with Gasteiger partial charge in [-0.25, -0.2) is 5.43 Å². The maximum absolute atomic E-state index is 5.62. The Hall–Kier alpha value is -1.72. The third-order valence-electron chi connectivity index (χ3n) is 2.93. The predicted molar refractivity (Wildman–Crippen MR) is 66.0 cm³/mol. The van der Waals surface area contributed by atoms with Crippen molar-refractivity contribution in [2.45, 2.75) is 19.4 Å². The summed E-state index contributed by atoms with van der Waals surface area (Å²) < 4.78 is 1.72. The van der Waals surface area contributed by atoms with Crippen LogP contribution in [0, 0.1) is 0 Å². The minimum absolute atomic E-state index is 0.0825. The summed E-state index contributed by atoms with van der Waals surface area (Å²) >= 11 is 0. The molecule has 1 unspecified atom stereocenters. The van der Waals surface area contributed by atoms with E-state index in [2.05, 4.69) is 46.9 Å². The molecule has 0 saturated carbocycles. The lowest BCUT2D eigenvalue weighted by Gasteiger charge is -2.16. The van der Waals surface area contributed by atoms with Crippen LogP contribution in [-0.2, 0) is 13.5 Å². The molecule has 17 heavy (non-hydrogen) atoms. The van der Waals surface area contributed by atoms with Crippen LogP contribution in [0.1, 0.15) is 29.8 Å². The molecule has 0 aliphatic carbocycles. The number of hydrogen-bond acceptors (Lipinski definition) is 4. The van der Waals surface area contributed by atoms with E-state index in [1.807, 2.05) is 7.05 Å². The molecule has 5 nitrogen and oxygen atoms in total. The van der Waals surface area contributed by atoms with Crippen LogP contribution in [0.5, 0.6) is 0 Å². The van der Waals surface area contributed by atoms with Crippen molar-refractivity contribution >= 4 is 0 Å². The second-order valence-electron chi connectivity index (χ2n) is 3.98. The SMILES string of the molecule is CCc1ccc(C(NN)c2cnnn2C)cc1. The molecule has 0 bridgehead atoms. The molecule has 2 rings (SSSR count). The smallest absolute Gasteiger partial charge is 0.0894 e. The molecule has 1 aromatic heterocycles. The van der Waals surface area contributed by atoms with Crippen LogP contribution in [0.25, 0.3) is 0 Å². The Kier molecular flexibility index (Phi) is 3.51. The fourth-order valence-electron chi connectivity index (χ4n) is 1.86. The van der Waals surface area contributed by atoms with Crippen LogP contribution in [0.4, 0.5) is 0 Å². The maximum atomic E-state index is 5.62. The first-order chi connectivity index (χ1) is 8.26. The number of aryl methyl sites for hydroxylation is 2. The van der Waals surface area contributed by atoms with Crippen LogP contribution < -0.4 is 11.3 Å². The van der Waals surface area contributed by atoms with E-state index >= 15 is 0 Å². The molecule has 0 aliphatic heterocycles. The van der Waals surface area contributed by atoms with Crippen molar-refractivity contribution in [3.05, 3.63) is 47.3 Å². The third kappa shape index (κ3) is 2.35. The van der Waals surface area contributed by atoms with Crippen molar-refractivity contribution in [2.24, 2.45) is 12.9 Å². The quantitative estimate of drug-likeness (QED) is 0.606. The maximum Gasteiger partial charge on any atom is 0.0894 e. The van der Waals surface area contributed by atoms with E-state index in [1.54, 1.807) is 10.9 Å². The zero-order valence-corrected chi connectivity index (χ0v) is 10.1. The Bertz CT molecular complexity index is 474. The number of rotatable bonds is 4. The van der Waals surface area contributed by atoms with Gasteiger partial charge in [0, 0.05) is 7.05 Å². The molecule has 0 fully saturated rings. The van der Waals surface area contributed by atoms with Crippen molar-refractivity contribution in [2.75, 3.05) is 0 Å². The topological polar surface area (TPSA) is 68.8 Å². The van der Waals surface area contributed by atoms with Crippen molar-refractivity contribution < 1.29 is 0 Å². The lowest BCUT2D eigenvalue weighted by Crippen LogP contribution is -2.30. The van der Waals surface area contributed by atoms with E-state index in [0.29, 0.717) is 0 Å². The molecule has 0 radical (unpaired) electrons. The summed E-state index contributed by atoms with van der Waals surface area (Å²) in [7, 11) is 1.85. The van der Waals surface area contributed by atoms with Gasteiger partial charge in [-0.1, -0.05) is 36.4 Å². The fourth-order valence-corrected chi connectivity index (χ4v) is 1.86. The molecule has 1 atom stereocenters. The first kappa shape index (κ1) is 11.8. The standard InChI is InChI=1S/C12H17N5/c1-3-9-4-6-10(7-5-9)12(15-13)11-8-14-16-17(11)2/h4-8,12,15H,3,13H2,1-2H3. The van der Waals surface area contributed by atoms with Crippen LogP contribution >= 0.6 is 0 Å². The lowest BCUT2D eigenvalue weighted by molar-refractivity contribution is 0.570. The first-order valence-corrected chi connectivity index (χ1v) is 5.65. The van der Waals surface area contributed by atoms with Gasteiger partial charge in [-0.3, -0.25) is 10.5 Å². The van der Waals surface area contributed by atoms with Crippen LogP contribution in [0.15, 0.2) is 30.5 Å². The van der Waals surface area contributed by atoms with Crippen molar-refractivity contribution in [3.63, 3.8) is 0 Å². The highest BCUT2D eigenvalue weighted by Gasteiger charge is 2.16. The molecule has 2 aromatic rings. The zero-order valence-electron chi connectivity index (χ0n) is 10.1.